The molecule has 3 heterocycles. The number of nitrogens with one attached hydrogen (secondary N) is 4. The van der Waals surface area contributed by atoms with Crippen LogP contribution in [0.15, 0.2) is 36.2 Å². The van der Waals surface area contributed by atoms with E-state index < -0.39 is 11.9 Å². The zero-order valence-corrected chi connectivity index (χ0v) is 16.0. The largest absolute Gasteiger partial charge is 0.367 e. The van der Waals surface area contributed by atoms with Crippen molar-refractivity contribution in [2.45, 2.75) is 25.8 Å². The van der Waals surface area contributed by atoms with E-state index in [0.29, 0.717) is 34.3 Å². The first kappa shape index (κ1) is 18.1. The van der Waals surface area contributed by atoms with Crippen LogP contribution >= 0.6 is 0 Å². The van der Waals surface area contributed by atoms with Gasteiger partial charge in [0.1, 0.15) is 23.1 Å². The fourth-order valence-electron chi connectivity index (χ4n) is 3.19. The van der Waals surface area contributed by atoms with E-state index >= 15 is 0 Å². The summed E-state index contributed by atoms with van der Waals surface area (Å²) in [7, 11) is 0. The summed E-state index contributed by atoms with van der Waals surface area (Å²) >= 11 is 0. The standard InChI is InChI=1S/C20H18FN7O2/c1-10-6-13(4-5-14(10)21)23-16-8-17(24-12-2-3-12)28-18(26-16)11(9-22-28)7-15-19(29)27-20(30)25-15/h4-9,12,24H,2-3H2,1H3,(H,23,26)(H2,25,27,29,30)/b15-7-. The molecule has 2 aromatic heterocycles. The summed E-state index contributed by atoms with van der Waals surface area (Å²) in [5, 5.41) is 15.6. The maximum absolute atomic E-state index is 13.6. The number of halogens is 1. The van der Waals surface area contributed by atoms with Crippen LogP contribution in [0.25, 0.3) is 11.7 Å². The number of carbonyl (C=O) groups is 2. The highest BCUT2D eigenvalue weighted by Gasteiger charge is 2.25. The van der Waals surface area contributed by atoms with Crippen molar-refractivity contribution in [1.82, 2.24) is 25.2 Å². The van der Waals surface area contributed by atoms with Crippen LogP contribution in [0.3, 0.4) is 0 Å². The minimum Gasteiger partial charge on any atom is -0.367 e. The van der Waals surface area contributed by atoms with Gasteiger partial charge in [-0.2, -0.15) is 9.61 Å². The average molecular weight is 407 g/mol. The summed E-state index contributed by atoms with van der Waals surface area (Å²) < 4.78 is 15.2. The molecule has 0 radical (unpaired) electrons. The van der Waals surface area contributed by atoms with Gasteiger partial charge in [-0.1, -0.05) is 0 Å². The van der Waals surface area contributed by atoms with Gasteiger partial charge in [-0.25, -0.2) is 14.2 Å². The summed E-state index contributed by atoms with van der Waals surface area (Å²) in [5.74, 6) is 0.499. The van der Waals surface area contributed by atoms with Gasteiger partial charge >= 0.3 is 6.03 Å². The lowest BCUT2D eigenvalue weighted by Gasteiger charge is -2.12. The molecule has 0 bridgehead atoms. The number of imide groups is 1. The lowest BCUT2D eigenvalue weighted by molar-refractivity contribution is -0.115. The zero-order chi connectivity index (χ0) is 20.8. The van der Waals surface area contributed by atoms with Crippen molar-refractivity contribution in [3.8, 4) is 0 Å². The molecule has 4 N–H and O–H groups in total. The number of aryl methyl sites for hydroxylation is 1. The molecule has 2 fully saturated rings. The molecule has 9 nitrogen and oxygen atoms in total. The minimum absolute atomic E-state index is 0.126. The fourth-order valence-corrected chi connectivity index (χ4v) is 3.19. The Morgan fingerprint density at radius 2 is 2.07 bits per heavy atom. The molecule has 1 aliphatic carbocycles. The molecule has 152 valence electrons. The average Bonchev–Trinajstić information content (AvgIpc) is 3.34. The number of urea groups is 1. The van der Waals surface area contributed by atoms with E-state index in [-0.39, 0.29) is 11.5 Å². The van der Waals surface area contributed by atoms with E-state index in [1.54, 1.807) is 29.8 Å². The van der Waals surface area contributed by atoms with Crippen molar-refractivity contribution < 1.29 is 14.0 Å². The second-order valence-corrected chi connectivity index (χ2v) is 7.34. The highest BCUT2D eigenvalue weighted by atomic mass is 19.1. The van der Waals surface area contributed by atoms with Crippen LogP contribution in [-0.4, -0.2) is 32.6 Å². The van der Waals surface area contributed by atoms with Crippen LogP contribution in [0.4, 0.5) is 26.5 Å². The second kappa shape index (κ2) is 6.83. The van der Waals surface area contributed by atoms with E-state index in [0.717, 1.165) is 18.7 Å². The number of hydrogen-bond acceptors (Lipinski definition) is 6. The van der Waals surface area contributed by atoms with Gasteiger partial charge in [0.25, 0.3) is 5.91 Å². The lowest BCUT2D eigenvalue weighted by atomic mass is 10.2. The van der Waals surface area contributed by atoms with Crippen LogP contribution in [-0.2, 0) is 4.79 Å². The number of amides is 3. The molecule has 30 heavy (non-hydrogen) atoms. The van der Waals surface area contributed by atoms with E-state index in [4.69, 9.17) is 0 Å². The molecule has 1 saturated heterocycles. The van der Waals surface area contributed by atoms with Crippen LogP contribution in [0.1, 0.15) is 24.0 Å². The third kappa shape index (κ3) is 3.43. The Morgan fingerprint density at radius 1 is 1.23 bits per heavy atom. The lowest BCUT2D eigenvalue weighted by Crippen LogP contribution is -2.22. The highest BCUT2D eigenvalue weighted by Crippen LogP contribution is 2.28. The molecule has 1 saturated carbocycles. The van der Waals surface area contributed by atoms with Crippen molar-refractivity contribution in [1.29, 1.82) is 0 Å². The molecule has 2 aliphatic rings. The van der Waals surface area contributed by atoms with Crippen LogP contribution < -0.4 is 21.3 Å². The predicted molar refractivity (Wildman–Crippen MR) is 109 cm³/mol. The third-order valence-electron chi connectivity index (χ3n) is 4.88. The number of nitrogens with zero attached hydrogens (tertiary/aromatic N) is 3. The third-order valence-corrected chi connectivity index (χ3v) is 4.88. The molecule has 1 aliphatic heterocycles. The summed E-state index contributed by atoms with van der Waals surface area (Å²) in [6, 6.07) is 6.38. The SMILES string of the molecule is Cc1cc(Nc2cc(NC3CC3)n3ncc(/C=C4\NC(=O)NC4=O)c3n2)ccc1F. The molecule has 5 rings (SSSR count). The number of benzene rings is 1. The summed E-state index contributed by atoms with van der Waals surface area (Å²) in [6.45, 7) is 1.69. The van der Waals surface area contributed by atoms with Gasteiger partial charge in [-0.15, -0.1) is 0 Å². The number of anilines is 3. The van der Waals surface area contributed by atoms with Gasteiger partial charge in [0, 0.05) is 23.4 Å². The number of rotatable bonds is 5. The van der Waals surface area contributed by atoms with Crippen molar-refractivity contribution in [3.05, 3.63) is 53.1 Å². The Kier molecular flexibility index (Phi) is 4.12. The Morgan fingerprint density at radius 3 is 2.77 bits per heavy atom. The number of hydrogen-bond donors (Lipinski definition) is 4. The maximum Gasteiger partial charge on any atom is 0.326 e. The van der Waals surface area contributed by atoms with E-state index in [2.05, 4.69) is 31.3 Å². The van der Waals surface area contributed by atoms with Crippen LogP contribution in [0, 0.1) is 12.7 Å². The zero-order valence-electron chi connectivity index (χ0n) is 16.0. The topological polar surface area (TPSA) is 112 Å². The van der Waals surface area contributed by atoms with Gasteiger partial charge in [-0.3, -0.25) is 10.1 Å². The van der Waals surface area contributed by atoms with Gasteiger partial charge in [-0.05, 0) is 49.6 Å². The molecule has 3 aromatic rings. The molecule has 0 atom stereocenters. The van der Waals surface area contributed by atoms with E-state index in [1.807, 2.05) is 6.07 Å². The Labute approximate surface area is 170 Å². The summed E-state index contributed by atoms with van der Waals surface area (Å²) in [5.41, 5.74) is 2.42. The molecular weight excluding hydrogens is 389 g/mol. The van der Waals surface area contributed by atoms with Gasteiger partial charge in [0.05, 0.1) is 6.20 Å². The van der Waals surface area contributed by atoms with Crippen molar-refractivity contribution in [3.63, 3.8) is 0 Å². The molecule has 10 heteroatoms. The molecule has 0 spiro atoms. The molecule has 1 aromatic carbocycles. The Bertz CT molecular complexity index is 1230. The normalized spacial score (nSPS) is 17.3. The van der Waals surface area contributed by atoms with Crippen molar-refractivity contribution >= 4 is 41.0 Å². The number of aromatic nitrogens is 3. The first-order valence-electron chi connectivity index (χ1n) is 9.49. The first-order valence-corrected chi connectivity index (χ1v) is 9.49. The highest BCUT2D eigenvalue weighted by molar-refractivity contribution is 6.14. The fraction of sp³-hybridized carbons (Fsp3) is 0.200. The Balaban J connectivity index is 1.57. The second-order valence-electron chi connectivity index (χ2n) is 7.34. The Hall–Kier alpha value is -3.95. The molecule has 0 unspecified atom stereocenters. The van der Waals surface area contributed by atoms with Gasteiger partial charge in [0.15, 0.2) is 5.65 Å². The summed E-state index contributed by atoms with van der Waals surface area (Å²) in [6.07, 6.45) is 5.27. The molecular formula is C20H18FN7O2. The predicted octanol–water partition coefficient (Wildman–Crippen LogP) is 2.68. The minimum atomic E-state index is -0.569. The quantitative estimate of drug-likeness (QED) is 0.382. The molecule has 3 amide bonds. The van der Waals surface area contributed by atoms with Crippen molar-refractivity contribution in [2.75, 3.05) is 10.6 Å². The van der Waals surface area contributed by atoms with Gasteiger partial charge in [0.2, 0.25) is 0 Å². The van der Waals surface area contributed by atoms with Crippen molar-refractivity contribution in [2.24, 2.45) is 0 Å². The summed E-state index contributed by atoms with van der Waals surface area (Å²) in [4.78, 5) is 27.9. The number of fused-ring (bicyclic) bond motifs is 1. The van der Waals surface area contributed by atoms with Crippen LogP contribution in [0.5, 0.6) is 0 Å². The number of carbonyl (C=O) groups excluding carboxylic acids is 2. The van der Waals surface area contributed by atoms with E-state index in [9.17, 15) is 14.0 Å². The smallest absolute Gasteiger partial charge is 0.326 e. The van der Waals surface area contributed by atoms with Gasteiger partial charge < -0.3 is 16.0 Å². The van der Waals surface area contributed by atoms with E-state index in [1.165, 1.54) is 12.1 Å². The maximum atomic E-state index is 13.6. The monoisotopic (exact) mass is 407 g/mol. The first-order chi connectivity index (χ1) is 14.5. The van der Waals surface area contributed by atoms with Crippen LogP contribution in [0.2, 0.25) is 0 Å².